The number of carboxylic acids is 1. The average Bonchev–Trinajstić information content (AvgIpc) is 3.01. The number of rotatable bonds is 11. The van der Waals surface area contributed by atoms with Crippen LogP contribution in [0, 0.1) is 0 Å². The molecule has 0 radical (unpaired) electrons. The van der Waals surface area contributed by atoms with Crippen LogP contribution in [0.15, 0.2) is 59.6 Å². The Kier molecular flexibility index (Phi) is 10.1. The molecule has 0 spiro atoms. The van der Waals surface area contributed by atoms with Gasteiger partial charge in [-0.05, 0) is 24.5 Å². The van der Waals surface area contributed by atoms with E-state index >= 15 is 0 Å². The van der Waals surface area contributed by atoms with Gasteiger partial charge in [0, 0.05) is 16.9 Å². The number of aliphatic imine (C=N–C) groups is 1. The lowest BCUT2D eigenvalue weighted by atomic mass is 10.0. The summed E-state index contributed by atoms with van der Waals surface area (Å²) in [6.45, 7) is -0.471. The van der Waals surface area contributed by atoms with Crippen LogP contribution in [0.5, 0.6) is 0 Å². The third-order valence-corrected chi connectivity index (χ3v) is 6.65. The molecule has 0 saturated carbocycles. The first kappa shape index (κ1) is 28.2. The highest BCUT2D eigenvalue weighted by molar-refractivity contribution is 7.98. The quantitative estimate of drug-likeness (QED) is 0.264. The van der Waals surface area contributed by atoms with Crippen molar-refractivity contribution in [2.24, 2.45) is 10.7 Å². The smallest absolute Gasteiger partial charge is 0.326 e. The molecule has 2 aromatic rings. The molecule has 0 unspecified atom stereocenters. The van der Waals surface area contributed by atoms with E-state index in [0.29, 0.717) is 28.3 Å². The summed E-state index contributed by atoms with van der Waals surface area (Å²) in [5.74, 6) is -2.51. The van der Waals surface area contributed by atoms with Crippen LogP contribution in [0.1, 0.15) is 17.5 Å². The number of carbonyl (C=O) groups is 4. The van der Waals surface area contributed by atoms with E-state index in [1.165, 1.54) is 16.7 Å². The minimum atomic E-state index is -1.37. The highest BCUT2D eigenvalue weighted by Crippen LogP contribution is 2.28. The number of anilines is 1. The predicted molar refractivity (Wildman–Crippen MR) is 147 cm³/mol. The Bertz CT molecular complexity index is 1180. The van der Waals surface area contributed by atoms with Crippen LogP contribution in [-0.4, -0.2) is 77.1 Å². The number of carbonyl (C=O) groups excluding carboxylic acids is 3. The molecule has 3 atom stereocenters. The number of thioether (sulfide) groups is 1. The normalized spacial score (nSPS) is 16.6. The fourth-order valence-electron chi connectivity index (χ4n) is 3.71. The molecular formula is C25H29N5O5S2. The van der Waals surface area contributed by atoms with E-state index < -0.39 is 48.5 Å². The number of thiol groups is 1. The van der Waals surface area contributed by atoms with Crippen molar-refractivity contribution in [1.29, 1.82) is 0 Å². The molecule has 3 rings (SSSR count). The van der Waals surface area contributed by atoms with Gasteiger partial charge < -0.3 is 21.5 Å². The zero-order valence-corrected chi connectivity index (χ0v) is 21.9. The molecule has 12 heteroatoms. The maximum Gasteiger partial charge on any atom is 0.326 e. The Labute approximate surface area is 224 Å². The van der Waals surface area contributed by atoms with E-state index in [9.17, 15) is 24.3 Å². The SMILES string of the molecule is CSCC[C@H](NC(=O)CN1C(=O)[C@H](NC(=O)[C@@H](N)CS)N=C(c2ccccc2)c2ccccc21)C(=O)O. The number of nitrogens with two attached hydrogens (primary N) is 1. The zero-order chi connectivity index (χ0) is 26.9. The van der Waals surface area contributed by atoms with Gasteiger partial charge in [-0.25, -0.2) is 9.79 Å². The lowest BCUT2D eigenvalue weighted by Crippen LogP contribution is -2.54. The fraction of sp³-hybridized carbons (Fsp3) is 0.320. The number of nitrogens with zero attached hydrogens (tertiary/aromatic N) is 2. The molecule has 1 heterocycles. The maximum absolute atomic E-state index is 13.7. The van der Waals surface area contributed by atoms with Gasteiger partial charge in [-0.2, -0.15) is 24.4 Å². The predicted octanol–water partition coefficient (Wildman–Crippen LogP) is 0.893. The first-order valence-corrected chi connectivity index (χ1v) is 13.5. The van der Waals surface area contributed by atoms with Crippen LogP contribution in [-0.2, 0) is 19.2 Å². The maximum atomic E-state index is 13.7. The zero-order valence-electron chi connectivity index (χ0n) is 20.2. The Balaban J connectivity index is 2.02. The van der Waals surface area contributed by atoms with Gasteiger partial charge in [-0.15, -0.1) is 0 Å². The van der Waals surface area contributed by atoms with Gasteiger partial charge in [-0.1, -0.05) is 48.5 Å². The van der Waals surface area contributed by atoms with Gasteiger partial charge in [-0.3, -0.25) is 19.3 Å². The van der Waals surface area contributed by atoms with E-state index in [2.05, 4.69) is 28.3 Å². The number of benzodiazepines with no additional fused rings is 1. The first-order chi connectivity index (χ1) is 17.8. The highest BCUT2D eigenvalue weighted by atomic mass is 32.2. The lowest BCUT2D eigenvalue weighted by Gasteiger charge is -2.26. The molecule has 0 bridgehead atoms. The fourth-order valence-corrected chi connectivity index (χ4v) is 4.35. The summed E-state index contributed by atoms with van der Waals surface area (Å²) in [5.41, 5.74) is 7.92. The number of hydrogen-bond acceptors (Lipinski definition) is 8. The van der Waals surface area contributed by atoms with E-state index in [1.807, 2.05) is 36.6 Å². The van der Waals surface area contributed by atoms with Crippen LogP contribution in [0.4, 0.5) is 5.69 Å². The van der Waals surface area contributed by atoms with Crippen LogP contribution >= 0.6 is 24.4 Å². The largest absolute Gasteiger partial charge is 0.480 e. The van der Waals surface area contributed by atoms with Crippen LogP contribution in [0.3, 0.4) is 0 Å². The molecule has 1 aliphatic heterocycles. The monoisotopic (exact) mass is 543 g/mol. The summed E-state index contributed by atoms with van der Waals surface area (Å²) >= 11 is 5.51. The number of hydrogen-bond donors (Lipinski definition) is 5. The number of aliphatic carboxylic acids is 1. The summed E-state index contributed by atoms with van der Waals surface area (Å²) in [4.78, 5) is 56.7. The summed E-state index contributed by atoms with van der Waals surface area (Å²) < 4.78 is 0. The molecule has 37 heavy (non-hydrogen) atoms. The number of carboxylic acid groups (broad SMARTS) is 1. The number of fused-ring (bicyclic) bond motifs is 1. The van der Waals surface area contributed by atoms with Crippen LogP contribution in [0.25, 0.3) is 0 Å². The minimum absolute atomic E-state index is 0.0565. The summed E-state index contributed by atoms with van der Waals surface area (Å²) in [6.07, 6.45) is 0.695. The van der Waals surface area contributed by atoms with E-state index in [4.69, 9.17) is 5.73 Å². The molecule has 5 N–H and O–H groups in total. The third-order valence-electron chi connectivity index (χ3n) is 5.61. The molecule has 0 fully saturated rings. The van der Waals surface area contributed by atoms with Gasteiger partial charge in [0.25, 0.3) is 5.91 Å². The van der Waals surface area contributed by atoms with Gasteiger partial charge in [0.05, 0.1) is 17.4 Å². The molecular weight excluding hydrogens is 514 g/mol. The Morgan fingerprint density at radius 2 is 1.84 bits per heavy atom. The van der Waals surface area contributed by atoms with Crippen molar-refractivity contribution in [3.05, 3.63) is 65.7 Å². The second-order valence-corrected chi connectivity index (χ2v) is 9.58. The van der Waals surface area contributed by atoms with Gasteiger partial charge >= 0.3 is 5.97 Å². The molecule has 0 aliphatic carbocycles. The molecule has 2 aromatic carbocycles. The van der Waals surface area contributed by atoms with Crippen LogP contribution in [0.2, 0.25) is 0 Å². The topological polar surface area (TPSA) is 154 Å². The van der Waals surface area contributed by atoms with E-state index in [-0.39, 0.29) is 12.2 Å². The lowest BCUT2D eigenvalue weighted by molar-refractivity contribution is -0.141. The third kappa shape index (κ3) is 7.12. The molecule has 3 amide bonds. The molecule has 196 valence electrons. The summed E-state index contributed by atoms with van der Waals surface area (Å²) in [7, 11) is 0. The van der Waals surface area contributed by atoms with Crippen molar-refractivity contribution in [2.45, 2.75) is 24.7 Å². The van der Waals surface area contributed by atoms with Crippen molar-refractivity contribution in [2.75, 3.05) is 29.2 Å². The number of amides is 3. The van der Waals surface area contributed by atoms with Crippen molar-refractivity contribution >= 4 is 59.5 Å². The minimum Gasteiger partial charge on any atom is -0.480 e. The number of para-hydroxylation sites is 1. The molecule has 10 nitrogen and oxygen atoms in total. The molecule has 0 saturated heterocycles. The van der Waals surface area contributed by atoms with Gasteiger partial charge in [0.2, 0.25) is 18.0 Å². The van der Waals surface area contributed by atoms with Crippen molar-refractivity contribution in [1.82, 2.24) is 10.6 Å². The van der Waals surface area contributed by atoms with Gasteiger partial charge in [0.1, 0.15) is 12.6 Å². The Morgan fingerprint density at radius 1 is 1.16 bits per heavy atom. The molecule has 0 aromatic heterocycles. The van der Waals surface area contributed by atoms with E-state index in [0.717, 1.165) is 0 Å². The van der Waals surface area contributed by atoms with E-state index in [1.54, 1.807) is 24.3 Å². The van der Waals surface area contributed by atoms with Crippen molar-refractivity contribution in [3.63, 3.8) is 0 Å². The van der Waals surface area contributed by atoms with Crippen LogP contribution < -0.4 is 21.3 Å². The second-order valence-electron chi connectivity index (χ2n) is 8.23. The number of nitrogens with one attached hydrogen (secondary N) is 2. The first-order valence-electron chi connectivity index (χ1n) is 11.5. The Morgan fingerprint density at radius 3 is 2.49 bits per heavy atom. The Hall–Kier alpha value is -3.35. The van der Waals surface area contributed by atoms with Gasteiger partial charge in [0.15, 0.2) is 0 Å². The average molecular weight is 544 g/mol. The second kappa shape index (κ2) is 13.3. The highest BCUT2D eigenvalue weighted by Gasteiger charge is 2.35. The number of benzene rings is 2. The van der Waals surface area contributed by atoms with Crippen molar-refractivity contribution < 1.29 is 24.3 Å². The molecule has 1 aliphatic rings. The summed E-state index contributed by atoms with van der Waals surface area (Å²) in [6, 6.07) is 14.0. The van der Waals surface area contributed by atoms with Crippen molar-refractivity contribution in [3.8, 4) is 0 Å². The standard InChI is InChI=1S/C25H29N5O5S2/c1-37-12-11-18(25(34)35)27-20(31)13-30-19-10-6-5-9-16(19)21(15-7-3-2-4-8-15)28-22(24(30)33)29-23(32)17(26)14-36/h2-10,17-18,22,36H,11-14,26H2,1H3,(H,27,31)(H,29,32)(H,34,35)/t17-,18-,22-/m0/s1. The summed E-state index contributed by atoms with van der Waals surface area (Å²) in [5, 5.41) is 14.6.